The molecule has 0 aliphatic rings. The largest absolute Gasteiger partial charge is 0.497 e. The number of rotatable bonds is 4. The van der Waals surface area contributed by atoms with Crippen LogP contribution < -0.4 is 10.5 Å². The minimum atomic E-state index is 0. The number of benzene rings is 2. The van der Waals surface area contributed by atoms with Gasteiger partial charge >= 0.3 is 0 Å². The van der Waals surface area contributed by atoms with E-state index in [1.165, 1.54) is 0 Å². The molecule has 25 heavy (non-hydrogen) atoms. The van der Waals surface area contributed by atoms with Crippen LogP contribution >= 0.6 is 37.2 Å². The van der Waals surface area contributed by atoms with E-state index in [0.717, 1.165) is 52.0 Å². The van der Waals surface area contributed by atoms with E-state index in [-0.39, 0.29) is 37.2 Å². The van der Waals surface area contributed by atoms with Gasteiger partial charge in [0.15, 0.2) is 0 Å². The standard InChI is InChI=1S/C19H20N2O.3ClH/c1-3-6-16-18(20)15-7-4-5-8-17(15)21-19(16)13-9-11-14(22-2)12-10-13;;;/h4-5,7-12H,3,6H2,1-2H3,(H2,20,21);3*1H. The van der Waals surface area contributed by atoms with Crippen LogP contribution in [0.3, 0.4) is 0 Å². The molecule has 0 fully saturated rings. The van der Waals surface area contributed by atoms with Gasteiger partial charge in [0.2, 0.25) is 0 Å². The maximum atomic E-state index is 6.43. The smallest absolute Gasteiger partial charge is 0.118 e. The van der Waals surface area contributed by atoms with Gasteiger partial charge in [0.1, 0.15) is 5.75 Å². The predicted molar refractivity (Wildman–Crippen MR) is 114 cm³/mol. The van der Waals surface area contributed by atoms with Gasteiger partial charge in [0.25, 0.3) is 0 Å². The fourth-order valence-electron chi connectivity index (χ4n) is 2.77. The molecule has 0 amide bonds. The van der Waals surface area contributed by atoms with Crippen LogP contribution in [0.1, 0.15) is 18.9 Å². The van der Waals surface area contributed by atoms with Crippen molar-refractivity contribution in [3.05, 3.63) is 54.1 Å². The topological polar surface area (TPSA) is 48.1 Å². The first kappa shape index (κ1) is 23.3. The van der Waals surface area contributed by atoms with Crippen molar-refractivity contribution in [1.29, 1.82) is 0 Å². The molecule has 2 aromatic carbocycles. The molecule has 0 unspecified atom stereocenters. The molecule has 0 radical (unpaired) electrons. The van der Waals surface area contributed by atoms with Crippen LogP contribution in [0.5, 0.6) is 5.75 Å². The van der Waals surface area contributed by atoms with Gasteiger partial charge in [-0.2, -0.15) is 0 Å². The Hall–Kier alpha value is -1.68. The van der Waals surface area contributed by atoms with E-state index in [9.17, 15) is 0 Å². The van der Waals surface area contributed by atoms with Crippen LogP contribution in [-0.4, -0.2) is 12.1 Å². The monoisotopic (exact) mass is 400 g/mol. The highest BCUT2D eigenvalue weighted by atomic mass is 35.5. The number of hydrogen-bond donors (Lipinski definition) is 1. The number of fused-ring (bicyclic) bond motifs is 1. The first-order chi connectivity index (χ1) is 10.7. The number of nitrogen functional groups attached to an aromatic ring is 1. The summed E-state index contributed by atoms with van der Waals surface area (Å²) in [6.45, 7) is 2.16. The average Bonchev–Trinajstić information content (AvgIpc) is 2.57. The first-order valence-corrected chi connectivity index (χ1v) is 7.56. The minimum absolute atomic E-state index is 0. The van der Waals surface area contributed by atoms with E-state index in [1.807, 2.05) is 48.5 Å². The Morgan fingerprint density at radius 1 is 0.960 bits per heavy atom. The normalized spacial score (nSPS) is 9.52. The van der Waals surface area contributed by atoms with Gasteiger partial charge in [-0.1, -0.05) is 31.5 Å². The summed E-state index contributed by atoms with van der Waals surface area (Å²) in [5.74, 6) is 0.842. The Morgan fingerprint density at radius 3 is 2.20 bits per heavy atom. The number of anilines is 1. The average molecular weight is 402 g/mol. The Morgan fingerprint density at radius 2 is 1.60 bits per heavy atom. The summed E-state index contributed by atoms with van der Waals surface area (Å²) < 4.78 is 5.23. The molecule has 0 saturated heterocycles. The van der Waals surface area contributed by atoms with E-state index in [0.29, 0.717) is 0 Å². The van der Waals surface area contributed by atoms with E-state index >= 15 is 0 Å². The van der Waals surface area contributed by atoms with Gasteiger partial charge < -0.3 is 10.5 Å². The van der Waals surface area contributed by atoms with Gasteiger partial charge in [0.05, 0.1) is 18.3 Å². The molecular weight excluding hydrogens is 379 g/mol. The van der Waals surface area contributed by atoms with Crippen LogP contribution in [0, 0.1) is 0 Å². The molecule has 0 aliphatic carbocycles. The number of halogens is 3. The predicted octanol–water partition coefficient (Wildman–Crippen LogP) is 5.71. The fraction of sp³-hybridized carbons (Fsp3) is 0.211. The highest BCUT2D eigenvalue weighted by molar-refractivity contribution is 5.95. The summed E-state index contributed by atoms with van der Waals surface area (Å²) in [6.07, 6.45) is 1.96. The fourth-order valence-corrected chi connectivity index (χ4v) is 2.77. The summed E-state index contributed by atoms with van der Waals surface area (Å²) in [6, 6.07) is 16.0. The van der Waals surface area contributed by atoms with Crippen LogP contribution in [-0.2, 0) is 6.42 Å². The molecule has 0 aliphatic heterocycles. The molecule has 1 heterocycles. The van der Waals surface area contributed by atoms with Crippen molar-refractivity contribution in [2.45, 2.75) is 19.8 Å². The van der Waals surface area contributed by atoms with E-state index in [2.05, 4.69) is 6.92 Å². The molecule has 3 aromatic rings. The molecule has 0 atom stereocenters. The van der Waals surface area contributed by atoms with Gasteiger partial charge in [-0.05, 0) is 36.8 Å². The van der Waals surface area contributed by atoms with Crippen molar-refractivity contribution in [3.63, 3.8) is 0 Å². The summed E-state index contributed by atoms with van der Waals surface area (Å²) >= 11 is 0. The number of hydrogen-bond acceptors (Lipinski definition) is 3. The van der Waals surface area contributed by atoms with Crippen molar-refractivity contribution in [3.8, 4) is 17.0 Å². The lowest BCUT2D eigenvalue weighted by molar-refractivity contribution is 0.415. The SMILES string of the molecule is CCCc1c(-c2ccc(OC)cc2)nc2ccccc2c1N.Cl.Cl.Cl. The van der Waals surface area contributed by atoms with Crippen LogP contribution in [0.15, 0.2) is 48.5 Å². The number of ether oxygens (including phenoxy) is 1. The Bertz CT molecular complexity index is 808. The van der Waals surface area contributed by atoms with Gasteiger partial charge in [0, 0.05) is 22.2 Å². The molecule has 136 valence electrons. The molecule has 3 rings (SSSR count). The van der Waals surface area contributed by atoms with Crippen molar-refractivity contribution in [2.75, 3.05) is 12.8 Å². The van der Waals surface area contributed by atoms with Crippen LogP contribution in [0.2, 0.25) is 0 Å². The molecule has 3 nitrogen and oxygen atoms in total. The van der Waals surface area contributed by atoms with Crippen molar-refractivity contribution in [2.24, 2.45) is 0 Å². The van der Waals surface area contributed by atoms with Crippen LogP contribution in [0.25, 0.3) is 22.2 Å². The molecular formula is C19H23Cl3N2O. The summed E-state index contributed by atoms with van der Waals surface area (Å²) in [5.41, 5.74) is 11.4. The van der Waals surface area contributed by atoms with E-state index in [1.54, 1.807) is 7.11 Å². The number of para-hydroxylation sites is 1. The number of methoxy groups -OCH3 is 1. The highest BCUT2D eigenvalue weighted by Gasteiger charge is 2.13. The summed E-state index contributed by atoms with van der Waals surface area (Å²) in [7, 11) is 1.67. The molecule has 0 saturated carbocycles. The van der Waals surface area contributed by atoms with Crippen molar-refractivity contribution in [1.82, 2.24) is 4.98 Å². The maximum absolute atomic E-state index is 6.43. The summed E-state index contributed by atoms with van der Waals surface area (Å²) in [5, 5.41) is 1.03. The first-order valence-electron chi connectivity index (χ1n) is 7.56. The zero-order valence-electron chi connectivity index (χ0n) is 14.2. The molecule has 1 aromatic heterocycles. The number of aromatic nitrogens is 1. The van der Waals surface area contributed by atoms with Crippen molar-refractivity contribution >= 4 is 53.8 Å². The van der Waals surface area contributed by atoms with Crippen LogP contribution in [0.4, 0.5) is 5.69 Å². The zero-order valence-corrected chi connectivity index (χ0v) is 16.6. The van der Waals surface area contributed by atoms with Gasteiger partial charge in [-0.15, -0.1) is 37.2 Å². The highest BCUT2D eigenvalue weighted by Crippen LogP contribution is 2.33. The number of nitrogens with zero attached hydrogens (tertiary/aromatic N) is 1. The third kappa shape index (κ3) is 4.69. The number of pyridine rings is 1. The lowest BCUT2D eigenvalue weighted by atomic mass is 9.98. The third-order valence-electron chi connectivity index (χ3n) is 3.90. The lowest BCUT2D eigenvalue weighted by Gasteiger charge is -2.14. The Kier molecular flexibility index (Phi) is 9.65. The molecule has 6 heteroatoms. The minimum Gasteiger partial charge on any atom is -0.497 e. The maximum Gasteiger partial charge on any atom is 0.118 e. The Balaban J connectivity index is 0.00000192. The summed E-state index contributed by atoms with van der Waals surface area (Å²) in [4.78, 5) is 4.86. The molecule has 0 bridgehead atoms. The van der Waals surface area contributed by atoms with E-state index in [4.69, 9.17) is 15.5 Å². The van der Waals surface area contributed by atoms with Gasteiger partial charge in [-0.3, -0.25) is 0 Å². The van der Waals surface area contributed by atoms with Gasteiger partial charge in [-0.25, -0.2) is 4.98 Å². The number of nitrogens with two attached hydrogens (primary N) is 1. The van der Waals surface area contributed by atoms with Crippen molar-refractivity contribution < 1.29 is 4.74 Å². The zero-order chi connectivity index (χ0) is 15.5. The second kappa shape index (κ2) is 10.3. The molecule has 2 N–H and O–H groups in total. The third-order valence-corrected chi connectivity index (χ3v) is 3.90. The second-order valence-corrected chi connectivity index (χ2v) is 5.35. The van der Waals surface area contributed by atoms with E-state index < -0.39 is 0 Å². The Labute approximate surface area is 167 Å². The lowest BCUT2D eigenvalue weighted by Crippen LogP contribution is -2.01. The second-order valence-electron chi connectivity index (χ2n) is 5.35. The quantitative estimate of drug-likeness (QED) is 0.609. The molecule has 0 spiro atoms.